The van der Waals surface area contributed by atoms with Crippen LogP contribution in [0, 0.1) is 18.3 Å². The standard InChI is InChI=1S/C32H39F3N8S2/c1-21(41-10-12-42(44-3)13-11-41)18-43-25(17-36)14-27-22(2)23(4-5-29(27)43)19-40-8-6-24(7-9-40)39-30-28-15-26(16-32(33,34)35)45-31(28)38-20-37-30/h4-5,14-15,20-21,24H,6-13,16,18-19H2,1-3H3,(H,37,38,39). The number of aromatic nitrogens is 3. The van der Waals surface area contributed by atoms with Gasteiger partial charge >= 0.3 is 6.18 Å². The second-order valence-electron chi connectivity index (χ2n) is 12.2. The first-order valence-electron chi connectivity index (χ1n) is 15.5. The molecule has 0 spiro atoms. The highest BCUT2D eigenvalue weighted by Crippen LogP contribution is 2.33. The number of nitrogens with one attached hydrogen (secondary N) is 1. The third-order valence-corrected chi connectivity index (χ3v) is 11.2. The van der Waals surface area contributed by atoms with Crippen molar-refractivity contribution in [1.29, 1.82) is 5.26 Å². The predicted molar refractivity (Wildman–Crippen MR) is 177 cm³/mol. The number of hydrogen-bond donors (Lipinski definition) is 1. The molecule has 1 aromatic carbocycles. The molecule has 4 aromatic rings. The molecule has 0 saturated carbocycles. The predicted octanol–water partition coefficient (Wildman–Crippen LogP) is 6.29. The van der Waals surface area contributed by atoms with Gasteiger partial charge in [-0.2, -0.15) is 18.4 Å². The molecule has 13 heteroatoms. The smallest absolute Gasteiger partial charge is 0.367 e. The van der Waals surface area contributed by atoms with Crippen LogP contribution in [-0.4, -0.2) is 92.4 Å². The highest BCUT2D eigenvalue weighted by molar-refractivity contribution is 7.96. The molecule has 2 aliphatic heterocycles. The lowest BCUT2D eigenvalue weighted by Gasteiger charge is -2.37. The molecular weight excluding hydrogens is 618 g/mol. The van der Waals surface area contributed by atoms with Crippen LogP contribution < -0.4 is 5.32 Å². The van der Waals surface area contributed by atoms with Crippen LogP contribution in [-0.2, 0) is 19.5 Å². The van der Waals surface area contributed by atoms with E-state index in [0.717, 1.165) is 87.4 Å². The monoisotopic (exact) mass is 656 g/mol. The van der Waals surface area contributed by atoms with Gasteiger partial charge in [0.05, 0.1) is 11.8 Å². The van der Waals surface area contributed by atoms with Gasteiger partial charge in [0.25, 0.3) is 0 Å². The maximum Gasteiger partial charge on any atom is 0.393 e. The maximum absolute atomic E-state index is 12.9. The molecule has 8 nitrogen and oxygen atoms in total. The van der Waals surface area contributed by atoms with Crippen LogP contribution in [0.2, 0.25) is 0 Å². The molecule has 1 unspecified atom stereocenters. The zero-order chi connectivity index (χ0) is 31.7. The topological polar surface area (TPSA) is 76.2 Å². The molecule has 2 aliphatic rings. The van der Waals surface area contributed by atoms with Gasteiger partial charge in [0.1, 0.15) is 28.7 Å². The lowest BCUT2D eigenvalue weighted by atomic mass is 10.0. The molecule has 6 rings (SSSR count). The lowest BCUT2D eigenvalue weighted by molar-refractivity contribution is -0.126. The summed E-state index contributed by atoms with van der Waals surface area (Å²) in [5, 5.41) is 15.3. The van der Waals surface area contributed by atoms with E-state index in [1.807, 2.05) is 11.9 Å². The van der Waals surface area contributed by atoms with Crippen LogP contribution in [0.4, 0.5) is 19.0 Å². The highest BCUT2D eigenvalue weighted by atomic mass is 32.2. The molecule has 2 saturated heterocycles. The molecule has 1 N–H and O–H groups in total. The van der Waals surface area contributed by atoms with Crippen molar-refractivity contribution in [3.05, 3.63) is 52.3 Å². The summed E-state index contributed by atoms with van der Waals surface area (Å²) in [6.07, 6.45) is 0.171. The molecule has 2 fully saturated rings. The van der Waals surface area contributed by atoms with Gasteiger partial charge in [-0.15, -0.1) is 11.3 Å². The number of piperazine rings is 1. The highest BCUT2D eigenvalue weighted by Gasteiger charge is 2.29. The number of thiophene rings is 1. The second kappa shape index (κ2) is 13.5. The Hall–Kier alpha value is -2.89. The minimum atomic E-state index is -4.25. The van der Waals surface area contributed by atoms with E-state index in [1.165, 1.54) is 17.5 Å². The summed E-state index contributed by atoms with van der Waals surface area (Å²) in [4.78, 5) is 14.4. The van der Waals surface area contributed by atoms with Crippen LogP contribution in [0.5, 0.6) is 0 Å². The summed E-state index contributed by atoms with van der Waals surface area (Å²) in [6.45, 7) is 12.1. The molecular formula is C32H39F3N8S2. The number of nitriles is 1. The number of alkyl halides is 3. The average molecular weight is 657 g/mol. The Morgan fingerprint density at radius 1 is 1.09 bits per heavy atom. The summed E-state index contributed by atoms with van der Waals surface area (Å²) in [5.74, 6) is 0.610. The van der Waals surface area contributed by atoms with Crippen molar-refractivity contribution in [3.8, 4) is 6.07 Å². The molecule has 5 heterocycles. The van der Waals surface area contributed by atoms with Gasteiger partial charge in [-0.1, -0.05) is 18.0 Å². The van der Waals surface area contributed by atoms with Crippen LogP contribution >= 0.6 is 23.3 Å². The number of benzene rings is 1. The fraction of sp³-hybridized carbons (Fsp3) is 0.531. The van der Waals surface area contributed by atoms with Crippen LogP contribution in [0.25, 0.3) is 21.1 Å². The number of likely N-dealkylation sites (tertiary alicyclic amines) is 1. The molecule has 0 amide bonds. The van der Waals surface area contributed by atoms with E-state index >= 15 is 0 Å². The molecule has 45 heavy (non-hydrogen) atoms. The van der Waals surface area contributed by atoms with Gasteiger partial charge < -0.3 is 9.88 Å². The fourth-order valence-electron chi connectivity index (χ4n) is 6.66. The molecule has 1 atom stereocenters. The Kier molecular flexibility index (Phi) is 9.59. The number of anilines is 1. The zero-order valence-electron chi connectivity index (χ0n) is 25.9. The minimum absolute atomic E-state index is 0.187. The van der Waals surface area contributed by atoms with Crippen molar-refractivity contribution < 1.29 is 13.2 Å². The van der Waals surface area contributed by atoms with Crippen LogP contribution in [0.1, 0.15) is 41.5 Å². The lowest BCUT2D eigenvalue weighted by Crippen LogP contribution is -2.48. The summed E-state index contributed by atoms with van der Waals surface area (Å²) >= 11 is 2.88. The number of halogens is 3. The molecule has 3 aromatic heterocycles. The Morgan fingerprint density at radius 3 is 2.53 bits per heavy atom. The van der Waals surface area contributed by atoms with Gasteiger partial charge in [-0.3, -0.25) is 9.80 Å². The summed E-state index contributed by atoms with van der Waals surface area (Å²) in [7, 11) is 0. The zero-order valence-corrected chi connectivity index (χ0v) is 27.5. The Balaban J connectivity index is 1.09. The van der Waals surface area contributed by atoms with E-state index < -0.39 is 12.6 Å². The van der Waals surface area contributed by atoms with Gasteiger partial charge in [-0.25, -0.2) is 14.3 Å². The first kappa shape index (κ1) is 32.1. The largest absolute Gasteiger partial charge is 0.393 e. The van der Waals surface area contributed by atoms with E-state index in [1.54, 1.807) is 6.07 Å². The number of nitrogens with zero attached hydrogens (tertiary/aromatic N) is 7. The van der Waals surface area contributed by atoms with E-state index in [9.17, 15) is 18.4 Å². The number of piperidine rings is 1. The van der Waals surface area contributed by atoms with E-state index in [2.05, 4.69) is 78.3 Å². The normalized spacial score (nSPS) is 18.5. The van der Waals surface area contributed by atoms with Gasteiger partial charge in [0.15, 0.2) is 0 Å². The van der Waals surface area contributed by atoms with Crippen LogP contribution in [0.15, 0.2) is 30.6 Å². The Bertz CT molecular complexity index is 1680. The SMILES string of the molecule is CSN1CCN(C(C)Cn2c(C#N)cc3c(C)c(CN4CCC(Nc5ncnc6sc(CC(F)(F)F)cc56)CC4)ccc32)CC1. The fourth-order valence-corrected chi connectivity index (χ4v) is 8.22. The van der Waals surface area contributed by atoms with E-state index in [4.69, 9.17) is 0 Å². The van der Waals surface area contributed by atoms with Crippen molar-refractivity contribution in [1.82, 2.24) is 28.6 Å². The first-order chi connectivity index (χ1) is 21.6. The summed E-state index contributed by atoms with van der Waals surface area (Å²) in [6, 6.07) is 11.0. The second-order valence-corrected chi connectivity index (χ2v) is 14.2. The Morgan fingerprint density at radius 2 is 1.84 bits per heavy atom. The maximum atomic E-state index is 12.9. The molecule has 0 bridgehead atoms. The number of aryl methyl sites for hydroxylation is 1. The van der Waals surface area contributed by atoms with Crippen LogP contribution in [0.3, 0.4) is 0 Å². The summed E-state index contributed by atoms with van der Waals surface area (Å²) < 4.78 is 43.4. The third kappa shape index (κ3) is 7.25. The minimum Gasteiger partial charge on any atom is -0.367 e. The van der Waals surface area contributed by atoms with Crippen molar-refractivity contribution >= 4 is 50.2 Å². The average Bonchev–Trinajstić information content (AvgIpc) is 3.60. The number of hydrogen-bond acceptors (Lipinski definition) is 9. The number of rotatable bonds is 9. The quantitative estimate of drug-likeness (QED) is 0.211. The number of fused-ring (bicyclic) bond motifs is 2. The molecule has 0 radical (unpaired) electrons. The van der Waals surface area contributed by atoms with Crippen molar-refractivity contribution in [2.45, 2.75) is 64.5 Å². The Labute approximate surface area is 270 Å². The van der Waals surface area contributed by atoms with Crippen molar-refractivity contribution in [2.75, 3.05) is 50.8 Å². The van der Waals surface area contributed by atoms with E-state index in [-0.39, 0.29) is 10.9 Å². The first-order valence-corrected chi connectivity index (χ1v) is 17.5. The van der Waals surface area contributed by atoms with Gasteiger partial charge in [-0.05, 0) is 62.3 Å². The summed E-state index contributed by atoms with van der Waals surface area (Å²) in [5.41, 5.74) is 4.32. The van der Waals surface area contributed by atoms with Crippen molar-refractivity contribution in [2.24, 2.45) is 0 Å². The van der Waals surface area contributed by atoms with Gasteiger partial charge in [0.2, 0.25) is 0 Å². The van der Waals surface area contributed by atoms with Gasteiger partial charge in [0, 0.05) is 80.2 Å². The van der Waals surface area contributed by atoms with E-state index in [0.29, 0.717) is 27.8 Å². The van der Waals surface area contributed by atoms with Crippen molar-refractivity contribution in [3.63, 3.8) is 0 Å². The molecule has 0 aliphatic carbocycles. The third-order valence-electron chi connectivity index (χ3n) is 9.26. The molecule has 240 valence electrons.